The Balaban J connectivity index is 0.974. The Bertz CT molecular complexity index is 2270. The smallest absolute Gasteiger partial charge is 0.262 e. The molecule has 0 radical (unpaired) electrons. The van der Waals surface area contributed by atoms with E-state index in [-0.39, 0.29) is 11.5 Å². The molecule has 1 N–H and O–H groups in total. The van der Waals surface area contributed by atoms with E-state index in [1.54, 1.807) is 18.5 Å². The van der Waals surface area contributed by atoms with Crippen LogP contribution in [0.3, 0.4) is 0 Å². The van der Waals surface area contributed by atoms with Crippen molar-refractivity contribution in [2.75, 3.05) is 11.4 Å². The molecule has 1 aliphatic carbocycles. The van der Waals surface area contributed by atoms with Gasteiger partial charge in [0.25, 0.3) is 5.91 Å². The summed E-state index contributed by atoms with van der Waals surface area (Å²) in [6.07, 6.45) is 15.0. The first kappa shape index (κ1) is 33.6. The summed E-state index contributed by atoms with van der Waals surface area (Å²) in [4.78, 5) is 19.7. The van der Waals surface area contributed by atoms with Crippen molar-refractivity contribution in [1.29, 1.82) is 5.26 Å². The molecule has 1 saturated carbocycles. The monoisotopic (exact) mass is 690 g/mol. The highest BCUT2D eigenvalue weighted by Crippen LogP contribution is 2.52. The fourth-order valence-corrected chi connectivity index (χ4v) is 7.82. The second-order valence-corrected chi connectivity index (χ2v) is 13.7. The molecule has 258 valence electrons. The van der Waals surface area contributed by atoms with E-state index in [0.717, 1.165) is 35.1 Å². The zero-order chi connectivity index (χ0) is 36.0. The van der Waals surface area contributed by atoms with Crippen molar-refractivity contribution in [3.8, 4) is 17.2 Å². The van der Waals surface area contributed by atoms with Gasteiger partial charge >= 0.3 is 0 Å². The summed E-state index contributed by atoms with van der Waals surface area (Å²) in [5.41, 5.74) is 11.6. The molecule has 8 rings (SSSR count). The lowest BCUT2D eigenvalue weighted by Crippen LogP contribution is -2.40. The quantitative estimate of drug-likeness (QED) is 0.0674. The molecule has 0 saturated heterocycles. The van der Waals surface area contributed by atoms with Gasteiger partial charge in [0, 0.05) is 47.9 Å². The van der Waals surface area contributed by atoms with Gasteiger partial charge in [0.1, 0.15) is 11.6 Å². The van der Waals surface area contributed by atoms with E-state index in [1.165, 1.54) is 40.1 Å². The van der Waals surface area contributed by atoms with E-state index in [0.29, 0.717) is 25.0 Å². The summed E-state index contributed by atoms with van der Waals surface area (Å²) in [6, 6.07) is 47.0. The van der Waals surface area contributed by atoms with Crippen molar-refractivity contribution in [2.24, 2.45) is 0 Å². The summed E-state index contributed by atoms with van der Waals surface area (Å²) in [5.74, 6) is 0.0567. The van der Waals surface area contributed by atoms with Gasteiger partial charge in [-0.25, -0.2) is 4.57 Å². The van der Waals surface area contributed by atoms with Gasteiger partial charge in [0.2, 0.25) is 0 Å². The van der Waals surface area contributed by atoms with Gasteiger partial charge in [0.15, 0.2) is 18.9 Å². The zero-order valence-corrected chi connectivity index (χ0v) is 29.5. The van der Waals surface area contributed by atoms with Crippen molar-refractivity contribution in [3.63, 3.8) is 0 Å². The third-order valence-electron chi connectivity index (χ3n) is 10.4. The Morgan fingerprint density at radius 2 is 1.45 bits per heavy atom. The van der Waals surface area contributed by atoms with Crippen LogP contribution in [-0.4, -0.2) is 23.5 Å². The molecule has 2 unspecified atom stereocenters. The van der Waals surface area contributed by atoms with E-state index in [9.17, 15) is 10.1 Å². The molecule has 3 heterocycles. The van der Waals surface area contributed by atoms with E-state index >= 15 is 0 Å². The fourth-order valence-electron chi connectivity index (χ4n) is 7.82. The minimum absolute atomic E-state index is 0.106. The van der Waals surface area contributed by atoms with Crippen molar-refractivity contribution >= 4 is 35.0 Å². The Hall–Kier alpha value is -6.58. The maximum Gasteiger partial charge on any atom is 0.262 e. The molecular formula is C47H40N5O+. The van der Waals surface area contributed by atoms with Gasteiger partial charge in [-0.1, -0.05) is 85.3 Å². The number of hydrogen-bond donors (Lipinski definition) is 1. The van der Waals surface area contributed by atoms with Crippen LogP contribution in [0.2, 0.25) is 0 Å². The van der Waals surface area contributed by atoms with Crippen LogP contribution >= 0.6 is 0 Å². The molecule has 1 fully saturated rings. The van der Waals surface area contributed by atoms with Gasteiger partial charge in [-0.2, -0.15) is 5.26 Å². The number of benzene rings is 4. The fraction of sp³-hybridized carbons (Fsp3) is 0.149. The van der Waals surface area contributed by atoms with E-state index in [1.807, 2.05) is 47.3 Å². The number of nitrogens with zero attached hydrogens (tertiary/aromatic N) is 4. The molecule has 1 amide bonds. The third kappa shape index (κ3) is 7.28. The average molecular weight is 691 g/mol. The molecule has 2 aromatic heterocycles. The lowest BCUT2D eigenvalue weighted by atomic mass is 9.95. The second kappa shape index (κ2) is 15.3. The number of rotatable bonds is 10. The highest BCUT2D eigenvalue weighted by Gasteiger charge is 2.42. The van der Waals surface area contributed by atoms with Crippen LogP contribution < -0.4 is 14.8 Å². The average Bonchev–Trinajstić information content (AvgIpc) is 3.82. The number of pyridine rings is 2. The van der Waals surface area contributed by atoms with Crippen molar-refractivity contribution < 1.29 is 9.36 Å². The van der Waals surface area contributed by atoms with Gasteiger partial charge in [-0.3, -0.25) is 9.78 Å². The lowest BCUT2D eigenvalue weighted by Gasteiger charge is -2.27. The van der Waals surface area contributed by atoms with E-state index < -0.39 is 0 Å². The zero-order valence-electron chi connectivity index (χ0n) is 29.5. The van der Waals surface area contributed by atoms with Crippen molar-refractivity contribution in [3.05, 3.63) is 186 Å². The Labute approximate surface area is 311 Å². The van der Waals surface area contributed by atoms with Gasteiger partial charge < -0.3 is 10.2 Å². The van der Waals surface area contributed by atoms with Crippen LogP contribution in [0.15, 0.2) is 158 Å². The molecule has 2 aliphatic rings. The summed E-state index contributed by atoms with van der Waals surface area (Å²) in [6.45, 7) is 1.01. The number of amides is 1. The molecule has 6 heteroatoms. The minimum Gasteiger partial charge on any atom is -0.345 e. The maximum atomic E-state index is 13.1. The van der Waals surface area contributed by atoms with Crippen LogP contribution in [0.4, 0.5) is 11.4 Å². The number of nitriles is 1. The SMILES string of the molecule is N#CC(=Cc1ccc2c(c1)C1CCCC1N2c1ccc(C=C(c2ccccc2)c2ccccc2)cc1)C(=O)NCC[n+]1ccc(-c2ccncc2)cc1. The summed E-state index contributed by atoms with van der Waals surface area (Å²) in [5, 5.41) is 12.9. The lowest BCUT2D eigenvalue weighted by molar-refractivity contribution is -0.694. The minimum atomic E-state index is -0.362. The second-order valence-electron chi connectivity index (χ2n) is 13.7. The number of hydrogen-bond acceptors (Lipinski definition) is 4. The van der Waals surface area contributed by atoms with Crippen LogP contribution in [0.5, 0.6) is 0 Å². The summed E-state index contributed by atoms with van der Waals surface area (Å²) in [7, 11) is 0. The topological polar surface area (TPSA) is 72.9 Å². The van der Waals surface area contributed by atoms with Gasteiger partial charge in [-0.05, 0) is 106 Å². The molecule has 53 heavy (non-hydrogen) atoms. The normalized spacial score (nSPS) is 16.0. The molecular weight excluding hydrogens is 651 g/mol. The van der Waals surface area contributed by atoms with Crippen LogP contribution in [-0.2, 0) is 11.3 Å². The summed E-state index contributed by atoms with van der Waals surface area (Å²) < 4.78 is 2.02. The number of carbonyl (C=O) groups is 1. The Morgan fingerprint density at radius 3 is 2.13 bits per heavy atom. The molecule has 6 aromatic rings. The number of aromatic nitrogens is 2. The number of anilines is 2. The van der Waals surface area contributed by atoms with Crippen LogP contribution in [0, 0.1) is 11.3 Å². The standard InChI is InChI=1S/C47H39N5O/c48-33-40(47(53)50-26-29-51-27-22-37(23-28-51)36-20-24-49-25-21-36)30-35-16-19-46-44(32-35)42-12-7-13-45(42)52(46)41-17-14-34(15-18-41)31-43(38-8-3-1-4-9-38)39-10-5-2-6-11-39/h1-6,8-11,14-25,27-28,30-32,42,45H,7,12-13,26,29H2/p+1. The molecule has 4 aromatic carbocycles. The summed E-state index contributed by atoms with van der Waals surface area (Å²) >= 11 is 0. The number of carbonyl (C=O) groups excluding carboxylic acids is 1. The highest BCUT2D eigenvalue weighted by molar-refractivity contribution is 6.01. The van der Waals surface area contributed by atoms with Crippen molar-refractivity contribution in [1.82, 2.24) is 10.3 Å². The van der Waals surface area contributed by atoms with Gasteiger partial charge in [-0.15, -0.1) is 0 Å². The molecule has 0 spiro atoms. The Kier molecular flexibility index (Phi) is 9.72. The number of fused-ring (bicyclic) bond motifs is 3. The Morgan fingerprint density at radius 1 is 0.792 bits per heavy atom. The molecule has 1 aliphatic heterocycles. The molecule has 6 nitrogen and oxygen atoms in total. The largest absolute Gasteiger partial charge is 0.345 e. The predicted octanol–water partition coefficient (Wildman–Crippen LogP) is 9.14. The van der Waals surface area contributed by atoms with Crippen LogP contribution in [0.25, 0.3) is 28.9 Å². The van der Waals surface area contributed by atoms with Crippen LogP contribution in [0.1, 0.15) is 53.0 Å². The van der Waals surface area contributed by atoms with E-state index in [4.69, 9.17) is 0 Å². The first-order valence-corrected chi connectivity index (χ1v) is 18.3. The first-order chi connectivity index (χ1) is 26.1. The molecule has 2 atom stereocenters. The number of nitrogens with one attached hydrogen (secondary N) is 1. The molecule has 0 bridgehead atoms. The third-order valence-corrected chi connectivity index (χ3v) is 10.4. The predicted molar refractivity (Wildman–Crippen MR) is 212 cm³/mol. The first-order valence-electron chi connectivity index (χ1n) is 18.3. The highest BCUT2D eigenvalue weighted by atomic mass is 16.1. The van der Waals surface area contributed by atoms with Crippen molar-refractivity contribution in [2.45, 2.75) is 37.8 Å². The maximum absolute atomic E-state index is 13.1. The van der Waals surface area contributed by atoms with Gasteiger partial charge in [0.05, 0.1) is 6.54 Å². The van der Waals surface area contributed by atoms with E-state index in [2.05, 4.69) is 124 Å².